The van der Waals surface area contributed by atoms with Crippen molar-refractivity contribution >= 4 is 5.69 Å². The summed E-state index contributed by atoms with van der Waals surface area (Å²) in [5, 5.41) is 2.55. The van der Waals surface area contributed by atoms with Crippen LogP contribution in [-0.2, 0) is 0 Å². The van der Waals surface area contributed by atoms with Gasteiger partial charge in [-0.2, -0.15) is 22.5 Å². The number of halogens is 4. The van der Waals surface area contributed by atoms with Gasteiger partial charge in [0.15, 0.2) is 0 Å². The number of ether oxygens (including phenoxy) is 1. The maximum Gasteiger partial charge on any atom is 0.253 e. The van der Waals surface area contributed by atoms with Crippen molar-refractivity contribution in [2.45, 2.75) is 6.04 Å². The summed E-state index contributed by atoms with van der Waals surface area (Å²) in [4.78, 5) is 2.57. The molecule has 0 fully saturated rings. The molecule has 1 N–H and O–H groups in total. The van der Waals surface area contributed by atoms with Crippen molar-refractivity contribution in [3.05, 3.63) is 89.3 Å². The molecule has 1 heterocycles. The number of nitrogens with zero attached hydrogens (tertiary/aromatic N) is 1. The van der Waals surface area contributed by atoms with Crippen molar-refractivity contribution in [3.8, 4) is 5.75 Å². The largest absolute Gasteiger partial charge is 0.496 e. The molecule has 1 unspecified atom stereocenters. The fourth-order valence-electron chi connectivity index (χ4n) is 2.65. The van der Waals surface area contributed by atoms with Crippen LogP contribution >= 0.6 is 0 Å². The number of hydrogen-bond acceptors (Lipinski definition) is 3. The Hall–Kier alpha value is -3.09. The first-order valence-corrected chi connectivity index (χ1v) is 7.67. The van der Waals surface area contributed by atoms with E-state index in [-0.39, 0.29) is 0 Å². The van der Waals surface area contributed by atoms with Crippen molar-refractivity contribution in [1.82, 2.24) is 4.98 Å². The summed E-state index contributed by atoms with van der Waals surface area (Å²) >= 11 is 0. The van der Waals surface area contributed by atoms with Gasteiger partial charge in [-0.25, -0.2) is 0 Å². The second-order valence-corrected chi connectivity index (χ2v) is 5.43. The molecular formula is C19H14F4N2O. The number of aromatic nitrogens is 1. The van der Waals surface area contributed by atoms with Crippen molar-refractivity contribution in [2.75, 3.05) is 12.4 Å². The molecule has 0 radical (unpaired) electrons. The Morgan fingerprint density at radius 3 is 2.04 bits per heavy atom. The minimum atomic E-state index is -1.72. The van der Waals surface area contributed by atoms with E-state index in [9.17, 15) is 17.6 Å². The molecule has 3 rings (SSSR count). The molecule has 0 amide bonds. The van der Waals surface area contributed by atoms with Crippen LogP contribution in [0.25, 0.3) is 0 Å². The van der Waals surface area contributed by atoms with Crippen LogP contribution in [0, 0.1) is 23.5 Å². The van der Waals surface area contributed by atoms with Gasteiger partial charge in [0.05, 0.1) is 13.2 Å². The van der Waals surface area contributed by atoms with Gasteiger partial charge in [0.1, 0.15) is 11.4 Å². The first-order chi connectivity index (χ1) is 12.5. The molecule has 0 aliphatic rings. The Balaban J connectivity index is 2.15. The zero-order valence-corrected chi connectivity index (χ0v) is 13.6. The second-order valence-electron chi connectivity index (χ2n) is 5.43. The van der Waals surface area contributed by atoms with Gasteiger partial charge in [-0.3, -0.25) is 0 Å². The normalized spacial score (nSPS) is 11.9. The van der Waals surface area contributed by atoms with E-state index in [1.807, 2.05) is 0 Å². The topological polar surface area (TPSA) is 34.1 Å². The molecule has 0 saturated carbocycles. The van der Waals surface area contributed by atoms with Crippen LogP contribution in [0.5, 0.6) is 5.75 Å². The summed E-state index contributed by atoms with van der Waals surface area (Å²) in [5.41, 5.74) is 0.223. The molecule has 7 heteroatoms. The van der Waals surface area contributed by atoms with Crippen LogP contribution in [0.15, 0.2) is 54.6 Å². The lowest BCUT2D eigenvalue weighted by Crippen LogP contribution is -2.17. The van der Waals surface area contributed by atoms with Crippen molar-refractivity contribution < 1.29 is 22.3 Å². The Bertz CT molecular complexity index is 893. The molecule has 3 aromatic rings. The molecule has 3 nitrogen and oxygen atoms in total. The zero-order valence-electron chi connectivity index (χ0n) is 13.6. The highest BCUT2D eigenvalue weighted by Crippen LogP contribution is 2.34. The minimum absolute atomic E-state index is 0.449. The summed E-state index contributed by atoms with van der Waals surface area (Å²) in [6, 6.07) is 14.7. The Kier molecular flexibility index (Phi) is 5.06. The first kappa shape index (κ1) is 17.7. The lowest BCUT2D eigenvalue weighted by molar-refractivity contribution is 0.405. The van der Waals surface area contributed by atoms with Gasteiger partial charge in [0.25, 0.3) is 11.9 Å². The quantitative estimate of drug-likeness (QED) is 0.521. The van der Waals surface area contributed by atoms with Gasteiger partial charge in [-0.15, -0.1) is 0 Å². The molecule has 0 aliphatic carbocycles. The van der Waals surface area contributed by atoms with Gasteiger partial charge < -0.3 is 10.1 Å². The summed E-state index contributed by atoms with van der Waals surface area (Å²) < 4.78 is 60.4. The Morgan fingerprint density at radius 1 is 0.846 bits per heavy atom. The van der Waals surface area contributed by atoms with E-state index in [4.69, 9.17) is 4.74 Å². The molecule has 134 valence electrons. The number of para-hydroxylation sites is 1. The summed E-state index contributed by atoms with van der Waals surface area (Å²) in [7, 11) is 1.45. The Morgan fingerprint density at radius 2 is 1.42 bits per heavy atom. The average Bonchev–Trinajstić information content (AvgIpc) is 2.67. The van der Waals surface area contributed by atoms with Gasteiger partial charge >= 0.3 is 0 Å². The lowest BCUT2D eigenvalue weighted by atomic mass is 9.97. The van der Waals surface area contributed by atoms with E-state index in [0.717, 1.165) is 0 Å². The smallest absolute Gasteiger partial charge is 0.253 e. The number of anilines is 1. The Labute approximate surface area is 147 Å². The molecule has 1 aromatic heterocycles. The highest BCUT2D eigenvalue weighted by molar-refractivity contribution is 5.53. The molecule has 0 bridgehead atoms. The first-order valence-electron chi connectivity index (χ1n) is 7.67. The SMILES string of the molecule is COc1ccccc1C(Nc1c(F)c(F)nc(F)c1F)c1ccccc1. The predicted octanol–water partition coefficient (Wildman–Crippen LogP) is 4.85. The summed E-state index contributed by atoms with van der Waals surface area (Å²) in [5.74, 6) is -6.19. The standard InChI is InChI=1S/C19H14F4N2O/c1-26-13-10-6-5-9-12(13)16(11-7-3-2-4-8-11)24-17-14(20)18(22)25-19(23)15(17)21/h2-10,16H,1H3,(H,24,25). The van der Waals surface area contributed by atoms with Crippen LogP contribution in [0.4, 0.5) is 23.2 Å². The van der Waals surface area contributed by atoms with Crippen LogP contribution in [0.2, 0.25) is 0 Å². The summed E-state index contributed by atoms with van der Waals surface area (Å²) in [6.45, 7) is 0. The minimum Gasteiger partial charge on any atom is -0.496 e. The van der Waals surface area contributed by atoms with Crippen LogP contribution in [0.1, 0.15) is 17.2 Å². The fourth-order valence-corrected chi connectivity index (χ4v) is 2.65. The molecule has 26 heavy (non-hydrogen) atoms. The number of rotatable bonds is 5. The molecular weight excluding hydrogens is 348 g/mol. The third-order valence-corrected chi connectivity index (χ3v) is 3.87. The van der Waals surface area contributed by atoms with Gasteiger partial charge in [-0.1, -0.05) is 48.5 Å². The van der Waals surface area contributed by atoms with Crippen LogP contribution < -0.4 is 10.1 Å². The van der Waals surface area contributed by atoms with Gasteiger partial charge in [0, 0.05) is 5.56 Å². The monoisotopic (exact) mass is 362 g/mol. The van der Waals surface area contributed by atoms with Crippen molar-refractivity contribution in [2.24, 2.45) is 0 Å². The number of pyridine rings is 1. The molecule has 0 spiro atoms. The zero-order chi connectivity index (χ0) is 18.7. The molecule has 0 aliphatic heterocycles. The highest BCUT2D eigenvalue weighted by Gasteiger charge is 2.25. The van der Waals surface area contributed by atoms with E-state index < -0.39 is 35.3 Å². The van der Waals surface area contributed by atoms with Gasteiger partial charge in [0.2, 0.25) is 11.6 Å². The van der Waals surface area contributed by atoms with E-state index in [0.29, 0.717) is 16.9 Å². The van der Waals surface area contributed by atoms with E-state index in [1.54, 1.807) is 54.6 Å². The number of nitrogens with one attached hydrogen (secondary N) is 1. The molecule has 1 atom stereocenters. The van der Waals surface area contributed by atoms with E-state index >= 15 is 0 Å². The van der Waals surface area contributed by atoms with E-state index in [1.165, 1.54) is 7.11 Å². The maximum absolute atomic E-state index is 14.1. The third-order valence-electron chi connectivity index (χ3n) is 3.87. The summed E-state index contributed by atoms with van der Waals surface area (Å²) in [6.07, 6.45) is 0. The highest BCUT2D eigenvalue weighted by atomic mass is 19.2. The lowest BCUT2D eigenvalue weighted by Gasteiger charge is -2.23. The third kappa shape index (κ3) is 3.33. The number of benzene rings is 2. The van der Waals surface area contributed by atoms with Gasteiger partial charge in [-0.05, 0) is 11.6 Å². The average molecular weight is 362 g/mol. The van der Waals surface area contributed by atoms with Crippen LogP contribution in [0.3, 0.4) is 0 Å². The predicted molar refractivity (Wildman–Crippen MR) is 89.0 cm³/mol. The van der Waals surface area contributed by atoms with Crippen molar-refractivity contribution in [1.29, 1.82) is 0 Å². The van der Waals surface area contributed by atoms with Crippen LogP contribution in [-0.4, -0.2) is 12.1 Å². The molecule has 2 aromatic carbocycles. The second kappa shape index (κ2) is 7.43. The number of methoxy groups -OCH3 is 1. The maximum atomic E-state index is 14.1. The number of hydrogen-bond donors (Lipinski definition) is 1. The molecule has 0 saturated heterocycles. The fraction of sp³-hybridized carbons (Fsp3) is 0.105. The van der Waals surface area contributed by atoms with Crippen molar-refractivity contribution in [3.63, 3.8) is 0 Å². The van der Waals surface area contributed by atoms with E-state index in [2.05, 4.69) is 10.3 Å².